The van der Waals surface area contributed by atoms with Gasteiger partial charge in [0.15, 0.2) is 5.11 Å². The van der Waals surface area contributed by atoms with E-state index in [2.05, 4.69) is 36.6 Å². The van der Waals surface area contributed by atoms with Crippen molar-refractivity contribution < 1.29 is 9.53 Å². The molecule has 0 radical (unpaired) electrons. The highest BCUT2D eigenvalue weighted by Crippen LogP contribution is 2.18. The van der Waals surface area contributed by atoms with E-state index in [0.29, 0.717) is 18.1 Å². The number of nitrogens with one attached hydrogen (secondary N) is 2. The molecule has 0 bridgehead atoms. The molecule has 0 saturated carbocycles. The molecule has 0 amide bonds. The number of hydrogen-bond acceptors (Lipinski definition) is 3. The number of hydrogen-bond donors (Lipinski definition) is 2. The summed E-state index contributed by atoms with van der Waals surface area (Å²) in [4.78, 5) is 11.4. The third-order valence-electron chi connectivity index (χ3n) is 3.60. The first-order valence-electron chi connectivity index (χ1n) is 7.44. The predicted octanol–water partition coefficient (Wildman–Crippen LogP) is 2.94. The Morgan fingerprint density at radius 1 is 1.48 bits per heavy atom. The molecular formula is C16H22N2O2S. The van der Waals surface area contributed by atoms with E-state index in [4.69, 9.17) is 17.0 Å². The van der Waals surface area contributed by atoms with Crippen LogP contribution in [0.25, 0.3) is 0 Å². The summed E-state index contributed by atoms with van der Waals surface area (Å²) in [6, 6.07) is 6.03. The molecule has 114 valence electrons. The average Bonchev–Trinajstić information content (AvgIpc) is 2.84. The molecule has 1 atom stereocenters. The first-order valence-corrected chi connectivity index (χ1v) is 7.84. The number of cyclic esters (lactones) is 1. The van der Waals surface area contributed by atoms with E-state index in [1.165, 1.54) is 18.4 Å². The topological polar surface area (TPSA) is 50.4 Å². The van der Waals surface area contributed by atoms with Gasteiger partial charge < -0.3 is 15.4 Å². The van der Waals surface area contributed by atoms with E-state index < -0.39 is 0 Å². The maximum absolute atomic E-state index is 11.4. The van der Waals surface area contributed by atoms with Gasteiger partial charge >= 0.3 is 5.97 Å². The molecule has 1 unspecified atom stereocenters. The normalized spacial score (nSPS) is 17.4. The second-order valence-corrected chi connectivity index (χ2v) is 5.77. The van der Waals surface area contributed by atoms with Crippen LogP contribution in [0.15, 0.2) is 18.2 Å². The van der Waals surface area contributed by atoms with Crippen molar-refractivity contribution >= 4 is 29.0 Å². The van der Waals surface area contributed by atoms with Gasteiger partial charge in [0.05, 0.1) is 6.61 Å². The zero-order valence-corrected chi connectivity index (χ0v) is 13.4. The number of rotatable bonds is 5. The minimum atomic E-state index is -0.325. The first kappa shape index (κ1) is 15.8. The van der Waals surface area contributed by atoms with Crippen LogP contribution in [0, 0.1) is 6.92 Å². The molecule has 0 spiro atoms. The number of carbonyl (C=O) groups is 1. The van der Waals surface area contributed by atoms with Gasteiger partial charge in [-0.15, -0.1) is 0 Å². The lowest BCUT2D eigenvalue weighted by Crippen LogP contribution is -2.40. The minimum absolute atomic E-state index is 0.231. The van der Waals surface area contributed by atoms with Gasteiger partial charge in [-0.25, -0.2) is 4.79 Å². The highest BCUT2D eigenvalue weighted by molar-refractivity contribution is 7.80. The number of ether oxygens (including phenoxy) is 1. The average molecular weight is 306 g/mol. The molecule has 1 aromatic rings. The van der Waals surface area contributed by atoms with Crippen molar-refractivity contribution in [2.45, 2.75) is 45.6 Å². The Balaban J connectivity index is 1.92. The first-order chi connectivity index (χ1) is 10.1. The second-order valence-electron chi connectivity index (χ2n) is 5.36. The highest BCUT2D eigenvalue weighted by atomic mass is 32.1. The highest BCUT2D eigenvalue weighted by Gasteiger charge is 2.26. The fraction of sp³-hybridized carbons (Fsp3) is 0.500. The summed E-state index contributed by atoms with van der Waals surface area (Å²) in [5.74, 6) is -0.231. The molecule has 5 heteroatoms. The molecule has 1 saturated heterocycles. The molecule has 2 rings (SSSR count). The monoisotopic (exact) mass is 306 g/mol. The van der Waals surface area contributed by atoms with Gasteiger partial charge in [-0.05, 0) is 49.2 Å². The molecule has 2 N–H and O–H groups in total. The van der Waals surface area contributed by atoms with Gasteiger partial charge in [0.1, 0.15) is 6.04 Å². The van der Waals surface area contributed by atoms with Crippen LogP contribution < -0.4 is 10.6 Å². The Morgan fingerprint density at radius 2 is 2.29 bits per heavy atom. The van der Waals surface area contributed by atoms with E-state index in [-0.39, 0.29) is 12.0 Å². The van der Waals surface area contributed by atoms with Crippen LogP contribution in [0.5, 0.6) is 0 Å². The maximum atomic E-state index is 11.4. The number of carbonyl (C=O) groups excluding carboxylic acids is 1. The summed E-state index contributed by atoms with van der Waals surface area (Å²) in [5, 5.41) is 6.61. The molecule has 1 fully saturated rings. The Bertz CT molecular complexity index is 531. The number of thiocarbonyl (C=S) groups is 1. The van der Waals surface area contributed by atoms with Gasteiger partial charge in [0, 0.05) is 12.1 Å². The van der Waals surface area contributed by atoms with Crippen molar-refractivity contribution in [2.75, 3.05) is 11.9 Å². The van der Waals surface area contributed by atoms with Crippen LogP contribution in [0.2, 0.25) is 0 Å². The largest absolute Gasteiger partial charge is 0.464 e. The van der Waals surface area contributed by atoms with Gasteiger partial charge in [0.25, 0.3) is 0 Å². The number of esters is 1. The van der Waals surface area contributed by atoms with Gasteiger partial charge in [-0.3, -0.25) is 0 Å². The molecule has 1 aromatic carbocycles. The zero-order chi connectivity index (χ0) is 15.2. The van der Waals surface area contributed by atoms with Crippen LogP contribution in [0.4, 0.5) is 5.69 Å². The SMILES string of the molecule is CCCCc1ccc(NC(=S)NC2CCOC2=O)c(C)c1. The number of unbranched alkanes of at least 4 members (excludes halogenated alkanes) is 1. The summed E-state index contributed by atoms with van der Waals surface area (Å²) in [5.41, 5.74) is 3.47. The van der Waals surface area contributed by atoms with E-state index in [9.17, 15) is 4.79 Å². The van der Waals surface area contributed by atoms with Crippen LogP contribution in [-0.4, -0.2) is 23.7 Å². The molecular weight excluding hydrogens is 284 g/mol. The van der Waals surface area contributed by atoms with E-state index in [0.717, 1.165) is 17.7 Å². The molecule has 21 heavy (non-hydrogen) atoms. The predicted molar refractivity (Wildman–Crippen MR) is 88.5 cm³/mol. The maximum Gasteiger partial charge on any atom is 0.328 e. The molecule has 1 aliphatic rings. The molecule has 0 aliphatic carbocycles. The third-order valence-corrected chi connectivity index (χ3v) is 3.82. The van der Waals surface area contributed by atoms with Crippen molar-refractivity contribution in [3.8, 4) is 0 Å². The van der Waals surface area contributed by atoms with Gasteiger partial charge in [-0.1, -0.05) is 25.5 Å². The van der Waals surface area contributed by atoms with Crippen LogP contribution in [0.1, 0.15) is 37.3 Å². The Hall–Kier alpha value is -1.62. The summed E-state index contributed by atoms with van der Waals surface area (Å²) in [6.07, 6.45) is 4.17. The number of benzene rings is 1. The van der Waals surface area contributed by atoms with Gasteiger partial charge in [-0.2, -0.15) is 0 Å². The fourth-order valence-corrected chi connectivity index (χ4v) is 2.60. The summed E-state index contributed by atoms with van der Waals surface area (Å²) in [7, 11) is 0. The van der Waals surface area contributed by atoms with Gasteiger partial charge in [0.2, 0.25) is 0 Å². The summed E-state index contributed by atoms with van der Waals surface area (Å²) >= 11 is 5.26. The van der Waals surface area contributed by atoms with Crippen molar-refractivity contribution in [3.05, 3.63) is 29.3 Å². The smallest absolute Gasteiger partial charge is 0.328 e. The van der Waals surface area contributed by atoms with Crippen molar-refractivity contribution in [3.63, 3.8) is 0 Å². The molecule has 1 heterocycles. The summed E-state index contributed by atoms with van der Waals surface area (Å²) < 4.78 is 4.90. The van der Waals surface area contributed by atoms with Crippen LogP contribution in [0.3, 0.4) is 0 Å². The Morgan fingerprint density at radius 3 is 2.90 bits per heavy atom. The summed E-state index contributed by atoms with van der Waals surface area (Å²) in [6.45, 7) is 4.72. The quantitative estimate of drug-likeness (QED) is 0.647. The lowest BCUT2D eigenvalue weighted by atomic mass is 10.0. The van der Waals surface area contributed by atoms with Crippen molar-refractivity contribution in [1.82, 2.24) is 5.32 Å². The number of aryl methyl sites for hydroxylation is 2. The van der Waals surface area contributed by atoms with E-state index in [1.54, 1.807) is 0 Å². The van der Waals surface area contributed by atoms with E-state index in [1.807, 2.05) is 6.07 Å². The Kier molecular flexibility index (Phi) is 5.56. The minimum Gasteiger partial charge on any atom is -0.464 e. The second kappa shape index (κ2) is 7.41. The van der Waals surface area contributed by atoms with Crippen LogP contribution in [-0.2, 0) is 16.0 Å². The number of anilines is 1. The van der Waals surface area contributed by atoms with Crippen molar-refractivity contribution in [2.24, 2.45) is 0 Å². The lowest BCUT2D eigenvalue weighted by molar-refractivity contribution is -0.139. The fourth-order valence-electron chi connectivity index (χ4n) is 2.35. The third kappa shape index (κ3) is 4.43. The zero-order valence-electron chi connectivity index (χ0n) is 12.6. The van der Waals surface area contributed by atoms with E-state index >= 15 is 0 Å². The van der Waals surface area contributed by atoms with Crippen molar-refractivity contribution in [1.29, 1.82) is 0 Å². The molecule has 1 aliphatic heterocycles. The molecule has 0 aromatic heterocycles. The lowest BCUT2D eigenvalue weighted by Gasteiger charge is -2.15. The Labute approximate surface area is 131 Å². The van der Waals surface area contributed by atoms with Crippen LogP contribution >= 0.6 is 12.2 Å². The molecule has 4 nitrogen and oxygen atoms in total. The standard InChI is InChI=1S/C16H22N2O2S/c1-3-4-5-12-6-7-13(11(2)10-12)17-16(21)18-14-8-9-20-15(14)19/h6-7,10,14H,3-5,8-9H2,1-2H3,(H2,17,18,21).